The zero-order valence-electron chi connectivity index (χ0n) is 11.7. The summed E-state index contributed by atoms with van der Waals surface area (Å²) in [4.78, 5) is 0.232. The fourth-order valence-electron chi connectivity index (χ4n) is 2.62. The van der Waals surface area contributed by atoms with Crippen LogP contribution < -0.4 is 5.73 Å². The molecule has 1 heterocycles. The molecule has 2 unspecified atom stereocenters. The van der Waals surface area contributed by atoms with E-state index in [0.717, 1.165) is 6.42 Å². The number of rotatable bonds is 2. The van der Waals surface area contributed by atoms with Gasteiger partial charge >= 0.3 is 0 Å². The summed E-state index contributed by atoms with van der Waals surface area (Å²) in [7, 11) is -3.53. The third kappa shape index (κ3) is 2.85. The molecule has 2 rings (SSSR count). The molecule has 0 radical (unpaired) electrons. The number of hydrogen-bond donors (Lipinski definition) is 1. The van der Waals surface area contributed by atoms with Gasteiger partial charge in [0.15, 0.2) is 0 Å². The van der Waals surface area contributed by atoms with Crippen LogP contribution in [0.2, 0.25) is 0 Å². The van der Waals surface area contributed by atoms with Crippen molar-refractivity contribution in [3.63, 3.8) is 0 Å². The van der Waals surface area contributed by atoms with Gasteiger partial charge in [0.1, 0.15) is 0 Å². The lowest BCUT2D eigenvalue weighted by atomic mass is 9.99. The summed E-state index contributed by atoms with van der Waals surface area (Å²) >= 11 is 0. The third-order valence-electron chi connectivity index (χ3n) is 3.61. The SMILES string of the molecule is Cc1cc(S(=O)(=O)N2CC(C)CC(N)C2)ccc1C#N. The van der Waals surface area contributed by atoms with Crippen molar-refractivity contribution in [2.75, 3.05) is 13.1 Å². The summed E-state index contributed by atoms with van der Waals surface area (Å²) in [6.07, 6.45) is 0.846. The number of piperidine rings is 1. The second-order valence-electron chi connectivity index (χ2n) is 5.51. The average Bonchev–Trinajstić information content (AvgIpc) is 2.37. The van der Waals surface area contributed by atoms with Crippen molar-refractivity contribution in [3.8, 4) is 6.07 Å². The van der Waals surface area contributed by atoms with Gasteiger partial charge in [0.05, 0.1) is 16.5 Å². The van der Waals surface area contributed by atoms with Crippen LogP contribution in [0.1, 0.15) is 24.5 Å². The van der Waals surface area contributed by atoms with E-state index in [9.17, 15) is 8.42 Å². The molecule has 1 fully saturated rings. The van der Waals surface area contributed by atoms with Gasteiger partial charge in [0.25, 0.3) is 0 Å². The van der Waals surface area contributed by atoms with Crippen molar-refractivity contribution in [1.82, 2.24) is 4.31 Å². The van der Waals surface area contributed by atoms with Crippen LogP contribution in [0.5, 0.6) is 0 Å². The second-order valence-corrected chi connectivity index (χ2v) is 7.45. The van der Waals surface area contributed by atoms with Crippen LogP contribution in [0, 0.1) is 24.2 Å². The van der Waals surface area contributed by atoms with Gasteiger partial charge in [-0.1, -0.05) is 6.92 Å². The lowest BCUT2D eigenvalue weighted by Gasteiger charge is -2.33. The first-order chi connectivity index (χ1) is 9.34. The summed E-state index contributed by atoms with van der Waals surface area (Å²) < 4.78 is 26.7. The van der Waals surface area contributed by atoms with Crippen LogP contribution in [0.15, 0.2) is 23.1 Å². The largest absolute Gasteiger partial charge is 0.326 e. The van der Waals surface area contributed by atoms with E-state index in [4.69, 9.17) is 11.0 Å². The molecule has 108 valence electrons. The fraction of sp³-hybridized carbons (Fsp3) is 0.500. The summed E-state index contributed by atoms with van der Waals surface area (Å²) in [5, 5.41) is 8.90. The molecule has 1 aromatic rings. The summed E-state index contributed by atoms with van der Waals surface area (Å²) in [5.41, 5.74) is 7.08. The molecule has 20 heavy (non-hydrogen) atoms. The van der Waals surface area contributed by atoms with Gasteiger partial charge in [-0.25, -0.2) is 8.42 Å². The lowest BCUT2D eigenvalue weighted by molar-refractivity contribution is 0.254. The Labute approximate surface area is 120 Å². The number of nitrogens with zero attached hydrogens (tertiary/aromatic N) is 2. The van der Waals surface area contributed by atoms with Crippen molar-refractivity contribution in [3.05, 3.63) is 29.3 Å². The topological polar surface area (TPSA) is 87.2 Å². The minimum atomic E-state index is -3.53. The van der Waals surface area contributed by atoms with E-state index < -0.39 is 10.0 Å². The Morgan fingerprint density at radius 1 is 1.40 bits per heavy atom. The summed E-state index contributed by atoms with van der Waals surface area (Å²) in [6.45, 7) is 4.59. The number of benzene rings is 1. The van der Waals surface area contributed by atoms with Crippen molar-refractivity contribution >= 4 is 10.0 Å². The predicted octanol–water partition coefficient (Wildman–Crippen LogP) is 1.22. The molecule has 0 aliphatic carbocycles. The predicted molar refractivity (Wildman–Crippen MR) is 76.4 cm³/mol. The Morgan fingerprint density at radius 3 is 2.65 bits per heavy atom. The first kappa shape index (κ1) is 15.0. The summed E-state index contributed by atoms with van der Waals surface area (Å²) in [6, 6.07) is 6.52. The number of hydrogen-bond acceptors (Lipinski definition) is 4. The monoisotopic (exact) mass is 293 g/mol. The van der Waals surface area contributed by atoms with Crippen LogP contribution in [0.3, 0.4) is 0 Å². The van der Waals surface area contributed by atoms with E-state index in [2.05, 4.69) is 0 Å². The highest BCUT2D eigenvalue weighted by Crippen LogP contribution is 2.24. The van der Waals surface area contributed by atoms with Gasteiger partial charge < -0.3 is 5.73 Å². The van der Waals surface area contributed by atoms with Crippen molar-refractivity contribution in [1.29, 1.82) is 5.26 Å². The van der Waals surface area contributed by atoms with Crippen LogP contribution in [-0.2, 0) is 10.0 Å². The molecule has 1 aliphatic rings. The molecule has 1 aliphatic heterocycles. The molecule has 0 spiro atoms. The highest BCUT2D eigenvalue weighted by molar-refractivity contribution is 7.89. The summed E-state index contributed by atoms with van der Waals surface area (Å²) in [5.74, 6) is 0.257. The van der Waals surface area contributed by atoms with Crippen molar-refractivity contribution in [2.24, 2.45) is 11.7 Å². The molecule has 0 saturated carbocycles. The van der Waals surface area contributed by atoms with E-state index in [1.807, 2.05) is 13.0 Å². The number of aryl methyl sites for hydroxylation is 1. The van der Waals surface area contributed by atoms with Gasteiger partial charge in [-0.05, 0) is 43.0 Å². The van der Waals surface area contributed by atoms with Gasteiger partial charge in [0.2, 0.25) is 10.0 Å². The van der Waals surface area contributed by atoms with E-state index in [1.54, 1.807) is 19.1 Å². The molecule has 6 heteroatoms. The first-order valence-corrected chi connectivity index (χ1v) is 8.05. The quantitative estimate of drug-likeness (QED) is 0.888. The number of nitriles is 1. The maximum Gasteiger partial charge on any atom is 0.243 e. The molecule has 2 N–H and O–H groups in total. The second kappa shape index (κ2) is 5.52. The van der Waals surface area contributed by atoms with Crippen LogP contribution >= 0.6 is 0 Å². The normalized spacial score (nSPS) is 24.3. The molecule has 1 aromatic carbocycles. The van der Waals surface area contributed by atoms with Gasteiger partial charge in [-0.3, -0.25) is 0 Å². The lowest BCUT2D eigenvalue weighted by Crippen LogP contribution is -2.48. The maximum atomic E-state index is 12.6. The zero-order chi connectivity index (χ0) is 14.9. The Morgan fingerprint density at radius 2 is 2.10 bits per heavy atom. The van der Waals surface area contributed by atoms with E-state index in [1.165, 1.54) is 10.4 Å². The molecule has 0 amide bonds. The molecule has 1 saturated heterocycles. The Hall–Kier alpha value is -1.42. The first-order valence-electron chi connectivity index (χ1n) is 6.61. The minimum Gasteiger partial charge on any atom is -0.326 e. The standard InChI is InChI=1S/C14H19N3O2S/c1-10-5-13(16)9-17(8-10)20(18,19)14-4-3-12(7-15)11(2)6-14/h3-4,6,10,13H,5,8-9,16H2,1-2H3. The van der Waals surface area contributed by atoms with Gasteiger partial charge in [0, 0.05) is 19.1 Å². The van der Waals surface area contributed by atoms with Crippen LogP contribution in [0.4, 0.5) is 0 Å². The maximum absolute atomic E-state index is 12.6. The van der Waals surface area contributed by atoms with Crippen LogP contribution in [0.25, 0.3) is 0 Å². The molecule has 0 bridgehead atoms. The highest BCUT2D eigenvalue weighted by Gasteiger charge is 2.32. The van der Waals surface area contributed by atoms with E-state index in [-0.39, 0.29) is 16.9 Å². The number of sulfonamides is 1. The Bertz CT molecular complexity index is 639. The minimum absolute atomic E-state index is 0.118. The van der Waals surface area contributed by atoms with Gasteiger partial charge in [-0.2, -0.15) is 9.57 Å². The van der Waals surface area contributed by atoms with Gasteiger partial charge in [-0.15, -0.1) is 0 Å². The Balaban J connectivity index is 2.35. The molecular formula is C14H19N3O2S. The highest BCUT2D eigenvalue weighted by atomic mass is 32.2. The molecule has 0 aromatic heterocycles. The zero-order valence-corrected chi connectivity index (χ0v) is 12.5. The third-order valence-corrected chi connectivity index (χ3v) is 5.44. The molecule has 5 nitrogen and oxygen atoms in total. The van der Waals surface area contributed by atoms with Crippen molar-refractivity contribution in [2.45, 2.75) is 31.2 Å². The smallest absolute Gasteiger partial charge is 0.243 e. The average molecular weight is 293 g/mol. The van der Waals surface area contributed by atoms with Crippen LogP contribution in [-0.4, -0.2) is 31.9 Å². The van der Waals surface area contributed by atoms with E-state index in [0.29, 0.717) is 24.2 Å². The van der Waals surface area contributed by atoms with Crippen molar-refractivity contribution < 1.29 is 8.42 Å². The fourth-order valence-corrected chi connectivity index (χ4v) is 4.32. The number of nitrogens with two attached hydrogens (primary N) is 1. The Kier molecular flexibility index (Phi) is 4.14. The molecular weight excluding hydrogens is 274 g/mol. The molecule has 2 atom stereocenters. The van der Waals surface area contributed by atoms with E-state index >= 15 is 0 Å².